The van der Waals surface area contributed by atoms with Crippen LogP contribution in [0.1, 0.15) is 44.7 Å². The first kappa shape index (κ1) is 23.4. The van der Waals surface area contributed by atoms with Gasteiger partial charge in [-0.15, -0.1) is 0 Å². The number of likely N-dealkylation sites (tertiary alicyclic amines) is 1. The van der Waals surface area contributed by atoms with Crippen molar-refractivity contribution >= 4 is 29.0 Å². The predicted octanol–water partition coefficient (Wildman–Crippen LogP) is 3.80. The lowest BCUT2D eigenvalue weighted by atomic mass is 9.97. The normalized spacial score (nSPS) is 21.9. The van der Waals surface area contributed by atoms with Crippen molar-refractivity contribution in [3.63, 3.8) is 0 Å². The molecule has 0 radical (unpaired) electrons. The number of benzene rings is 1. The topological polar surface area (TPSA) is 79.0 Å². The van der Waals surface area contributed by atoms with Crippen LogP contribution in [0.3, 0.4) is 0 Å². The fourth-order valence-corrected chi connectivity index (χ4v) is 4.88. The van der Waals surface area contributed by atoms with E-state index in [0.29, 0.717) is 31.9 Å². The average Bonchev–Trinajstić information content (AvgIpc) is 3.07. The smallest absolute Gasteiger partial charge is 0.407 e. The zero-order valence-electron chi connectivity index (χ0n) is 18.8. The molecule has 0 saturated carbocycles. The molecule has 1 aromatic rings. The molecule has 8 heteroatoms. The maximum Gasteiger partial charge on any atom is 0.407 e. The summed E-state index contributed by atoms with van der Waals surface area (Å²) in [7, 11) is 0. The second kappa shape index (κ2) is 9.94. The van der Waals surface area contributed by atoms with Crippen LogP contribution in [0.15, 0.2) is 24.3 Å². The minimum absolute atomic E-state index is 0.00688. The van der Waals surface area contributed by atoms with Crippen molar-refractivity contribution < 1.29 is 19.1 Å². The molecular formula is C23H33N3O4S. The van der Waals surface area contributed by atoms with Gasteiger partial charge in [-0.25, -0.2) is 4.79 Å². The number of amides is 3. The molecule has 2 atom stereocenters. The average molecular weight is 448 g/mol. The Hall–Kier alpha value is -2.22. The van der Waals surface area contributed by atoms with E-state index >= 15 is 0 Å². The second-order valence-corrected chi connectivity index (χ2v) is 10.4. The molecule has 7 nitrogen and oxygen atoms in total. The van der Waals surface area contributed by atoms with Crippen LogP contribution < -0.4 is 5.32 Å². The van der Waals surface area contributed by atoms with Gasteiger partial charge in [0.1, 0.15) is 11.6 Å². The molecule has 2 aliphatic rings. The monoisotopic (exact) mass is 447 g/mol. The van der Waals surface area contributed by atoms with Crippen molar-refractivity contribution in [1.82, 2.24) is 15.1 Å². The number of carbonyl (C=O) groups is 3. The number of carbonyl (C=O) groups excluding carboxylic acids is 3. The number of hydrogen-bond acceptors (Lipinski definition) is 5. The minimum atomic E-state index is -0.535. The van der Waals surface area contributed by atoms with E-state index in [2.05, 4.69) is 5.32 Å². The van der Waals surface area contributed by atoms with E-state index in [1.54, 1.807) is 4.90 Å². The summed E-state index contributed by atoms with van der Waals surface area (Å²) in [6.45, 7) is 9.71. The van der Waals surface area contributed by atoms with E-state index in [9.17, 15) is 14.4 Å². The van der Waals surface area contributed by atoms with Crippen LogP contribution in [-0.2, 0) is 16.1 Å². The highest BCUT2D eigenvalue weighted by molar-refractivity contribution is 8.13. The molecule has 3 rings (SSSR count). The van der Waals surface area contributed by atoms with Crippen molar-refractivity contribution in [3.8, 4) is 0 Å². The molecule has 1 N–H and O–H groups in total. The SMILES string of the molecule is Cc1ccc(CN2C(=O)SC[C@H]2C(=O)N2CCC[C@H](CNC(=O)OC(C)(C)C)C2)cc1. The highest BCUT2D eigenvalue weighted by atomic mass is 32.2. The summed E-state index contributed by atoms with van der Waals surface area (Å²) in [5, 5.41) is 2.78. The largest absolute Gasteiger partial charge is 0.444 e. The van der Waals surface area contributed by atoms with E-state index in [1.807, 2.05) is 56.9 Å². The van der Waals surface area contributed by atoms with Gasteiger partial charge in [-0.3, -0.25) is 9.59 Å². The molecule has 2 heterocycles. The first-order chi connectivity index (χ1) is 14.6. The first-order valence-electron chi connectivity index (χ1n) is 10.9. The van der Waals surface area contributed by atoms with Gasteiger partial charge in [-0.1, -0.05) is 41.6 Å². The number of ether oxygens (including phenoxy) is 1. The van der Waals surface area contributed by atoms with E-state index in [1.165, 1.54) is 11.8 Å². The third kappa shape index (κ3) is 6.63. The maximum absolute atomic E-state index is 13.3. The molecule has 0 aromatic heterocycles. The standard InChI is InChI=1S/C23H33N3O4S/c1-16-7-9-17(10-8-16)14-26-19(15-31-22(26)29)20(27)25-11-5-6-18(13-25)12-24-21(28)30-23(2,3)4/h7-10,18-19H,5-6,11-15H2,1-4H3,(H,24,28)/t18-,19+/m1/s1. The minimum Gasteiger partial charge on any atom is -0.444 e. The lowest BCUT2D eigenvalue weighted by molar-refractivity contribution is -0.136. The summed E-state index contributed by atoms with van der Waals surface area (Å²) in [5.74, 6) is 0.675. The third-order valence-electron chi connectivity index (χ3n) is 5.50. The van der Waals surface area contributed by atoms with Gasteiger partial charge in [0.2, 0.25) is 5.91 Å². The predicted molar refractivity (Wildman–Crippen MR) is 122 cm³/mol. The van der Waals surface area contributed by atoms with E-state index in [4.69, 9.17) is 4.74 Å². The molecule has 1 aromatic carbocycles. The van der Waals surface area contributed by atoms with Crippen molar-refractivity contribution in [1.29, 1.82) is 0 Å². The van der Waals surface area contributed by atoms with Crippen LogP contribution in [0.2, 0.25) is 0 Å². The van der Waals surface area contributed by atoms with Gasteiger partial charge in [0.25, 0.3) is 5.24 Å². The van der Waals surface area contributed by atoms with Gasteiger partial charge in [-0.05, 0) is 52.0 Å². The lowest BCUT2D eigenvalue weighted by Gasteiger charge is -2.36. The molecule has 2 aliphatic heterocycles. The Balaban J connectivity index is 1.57. The van der Waals surface area contributed by atoms with Gasteiger partial charge >= 0.3 is 6.09 Å². The molecular weight excluding hydrogens is 414 g/mol. The fraction of sp³-hybridized carbons (Fsp3) is 0.609. The zero-order valence-corrected chi connectivity index (χ0v) is 19.7. The van der Waals surface area contributed by atoms with Crippen LogP contribution in [0.5, 0.6) is 0 Å². The Morgan fingerprint density at radius 2 is 1.94 bits per heavy atom. The van der Waals surface area contributed by atoms with Crippen LogP contribution in [-0.4, -0.2) is 64.1 Å². The van der Waals surface area contributed by atoms with E-state index in [0.717, 1.165) is 24.0 Å². The summed E-state index contributed by atoms with van der Waals surface area (Å²) in [4.78, 5) is 41.2. The van der Waals surface area contributed by atoms with Crippen LogP contribution in [0.25, 0.3) is 0 Å². The van der Waals surface area contributed by atoms with Gasteiger partial charge in [0.15, 0.2) is 0 Å². The number of rotatable bonds is 5. The number of piperidine rings is 1. The highest BCUT2D eigenvalue weighted by Gasteiger charge is 2.40. The summed E-state index contributed by atoms with van der Waals surface area (Å²) in [5.41, 5.74) is 1.65. The van der Waals surface area contributed by atoms with Gasteiger partial charge < -0.3 is 19.9 Å². The first-order valence-corrected chi connectivity index (χ1v) is 11.9. The van der Waals surface area contributed by atoms with Crippen molar-refractivity contribution in [2.45, 2.75) is 58.7 Å². The molecule has 2 saturated heterocycles. The molecule has 0 aliphatic carbocycles. The Morgan fingerprint density at radius 1 is 1.23 bits per heavy atom. The summed E-state index contributed by atoms with van der Waals surface area (Å²) < 4.78 is 5.30. The van der Waals surface area contributed by atoms with Gasteiger partial charge in [0, 0.05) is 31.9 Å². The van der Waals surface area contributed by atoms with Crippen LogP contribution >= 0.6 is 11.8 Å². The third-order valence-corrected chi connectivity index (χ3v) is 6.46. The van der Waals surface area contributed by atoms with Gasteiger partial charge in [-0.2, -0.15) is 0 Å². The Kier molecular flexibility index (Phi) is 7.51. The number of aryl methyl sites for hydroxylation is 1. The number of alkyl carbamates (subject to hydrolysis) is 1. The summed E-state index contributed by atoms with van der Waals surface area (Å²) in [6.07, 6.45) is 1.40. The van der Waals surface area contributed by atoms with Crippen LogP contribution in [0.4, 0.5) is 9.59 Å². The molecule has 0 bridgehead atoms. The fourth-order valence-electron chi connectivity index (χ4n) is 3.90. The van der Waals surface area contributed by atoms with E-state index in [-0.39, 0.29) is 17.1 Å². The number of hydrogen-bond donors (Lipinski definition) is 1. The molecule has 2 fully saturated rings. The number of nitrogens with one attached hydrogen (secondary N) is 1. The molecule has 3 amide bonds. The summed E-state index contributed by atoms with van der Waals surface area (Å²) >= 11 is 1.21. The number of thioether (sulfide) groups is 1. The zero-order chi connectivity index (χ0) is 22.6. The van der Waals surface area contributed by atoms with Crippen molar-refractivity contribution in [2.24, 2.45) is 5.92 Å². The maximum atomic E-state index is 13.3. The van der Waals surface area contributed by atoms with Crippen LogP contribution in [0, 0.1) is 12.8 Å². The van der Waals surface area contributed by atoms with E-state index < -0.39 is 17.7 Å². The molecule has 0 spiro atoms. The Morgan fingerprint density at radius 3 is 2.61 bits per heavy atom. The van der Waals surface area contributed by atoms with Crippen molar-refractivity contribution in [3.05, 3.63) is 35.4 Å². The molecule has 31 heavy (non-hydrogen) atoms. The Bertz CT molecular complexity index is 806. The molecule has 0 unspecified atom stereocenters. The highest BCUT2D eigenvalue weighted by Crippen LogP contribution is 2.28. The van der Waals surface area contributed by atoms with Crippen molar-refractivity contribution in [2.75, 3.05) is 25.4 Å². The second-order valence-electron chi connectivity index (χ2n) is 9.38. The number of nitrogens with zero attached hydrogens (tertiary/aromatic N) is 2. The lowest BCUT2D eigenvalue weighted by Crippen LogP contribution is -2.51. The molecule has 170 valence electrons. The Labute approximate surface area is 188 Å². The van der Waals surface area contributed by atoms with Gasteiger partial charge in [0.05, 0.1) is 0 Å². The quantitative estimate of drug-likeness (QED) is 0.743. The summed E-state index contributed by atoms with van der Waals surface area (Å²) in [6, 6.07) is 7.62.